The molecule has 2 N–H and O–H groups in total. The number of nitrogens with zero attached hydrogens (tertiary/aromatic N) is 1. The van der Waals surface area contributed by atoms with E-state index in [1.54, 1.807) is 19.2 Å². The number of methoxy groups -OCH3 is 1. The second kappa shape index (κ2) is 6.71. The zero-order valence-electron chi connectivity index (χ0n) is 11.6. The Bertz CT molecular complexity index is 643. The van der Waals surface area contributed by atoms with Gasteiger partial charge in [-0.2, -0.15) is 0 Å². The number of ether oxygens (including phenoxy) is 2. The van der Waals surface area contributed by atoms with E-state index in [1.165, 1.54) is 6.07 Å². The summed E-state index contributed by atoms with van der Waals surface area (Å²) >= 11 is 0. The maximum atomic E-state index is 11.1. The summed E-state index contributed by atoms with van der Waals surface area (Å²) in [6.45, 7) is 0.469. The molecule has 21 heavy (non-hydrogen) atoms. The molecule has 110 valence electrons. The first-order valence-electron chi connectivity index (χ1n) is 6.37. The largest absolute Gasteiger partial charge is 0.497 e. The summed E-state index contributed by atoms with van der Waals surface area (Å²) in [6.07, 6.45) is 0. The van der Waals surface area contributed by atoms with Crippen LogP contribution in [0.15, 0.2) is 42.5 Å². The summed E-state index contributed by atoms with van der Waals surface area (Å²) in [7, 11) is 1.58. The zero-order chi connectivity index (χ0) is 15.2. The zero-order valence-corrected chi connectivity index (χ0v) is 11.6. The molecule has 6 heteroatoms. The average molecular weight is 288 g/mol. The van der Waals surface area contributed by atoms with Crippen LogP contribution in [0.3, 0.4) is 0 Å². The van der Waals surface area contributed by atoms with Gasteiger partial charge in [-0.05, 0) is 29.3 Å². The normalized spacial score (nSPS) is 10.2. The standard InChI is InChI=1S/C15H16N2O4/c1-20-13-4-2-3-12(7-13)10-21-15-6-5-11(9-16)8-14(15)17(18)19/h2-8H,9-10,16H2,1H3. The Labute approximate surface area is 122 Å². The maximum Gasteiger partial charge on any atom is 0.311 e. The molecule has 0 amide bonds. The lowest BCUT2D eigenvalue weighted by Gasteiger charge is -2.09. The van der Waals surface area contributed by atoms with Crippen LogP contribution in [0.5, 0.6) is 11.5 Å². The highest BCUT2D eigenvalue weighted by Crippen LogP contribution is 2.28. The fraction of sp³-hybridized carbons (Fsp3) is 0.200. The molecular formula is C15H16N2O4. The van der Waals surface area contributed by atoms with Crippen LogP contribution in [0.4, 0.5) is 5.69 Å². The van der Waals surface area contributed by atoms with Gasteiger partial charge in [0.25, 0.3) is 0 Å². The van der Waals surface area contributed by atoms with Gasteiger partial charge < -0.3 is 15.2 Å². The van der Waals surface area contributed by atoms with Crippen molar-refractivity contribution in [1.29, 1.82) is 0 Å². The van der Waals surface area contributed by atoms with E-state index in [1.807, 2.05) is 24.3 Å². The molecular weight excluding hydrogens is 272 g/mol. The Kier molecular flexibility index (Phi) is 4.73. The number of hydrogen-bond donors (Lipinski definition) is 1. The van der Waals surface area contributed by atoms with E-state index in [2.05, 4.69) is 0 Å². The van der Waals surface area contributed by atoms with Crippen molar-refractivity contribution in [2.45, 2.75) is 13.2 Å². The van der Waals surface area contributed by atoms with E-state index in [4.69, 9.17) is 15.2 Å². The third-order valence-corrected chi connectivity index (χ3v) is 2.98. The van der Waals surface area contributed by atoms with E-state index in [9.17, 15) is 10.1 Å². The molecule has 0 aliphatic rings. The Morgan fingerprint density at radius 2 is 2.00 bits per heavy atom. The van der Waals surface area contributed by atoms with E-state index in [0.717, 1.165) is 5.56 Å². The maximum absolute atomic E-state index is 11.1. The summed E-state index contributed by atoms with van der Waals surface area (Å²) in [4.78, 5) is 10.6. The first-order valence-corrected chi connectivity index (χ1v) is 6.37. The lowest BCUT2D eigenvalue weighted by atomic mass is 10.2. The highest BCUT2D eigenvalue weighted by molar-refractivity contribution is 5.48. The highest BCUT2D eigenvalue weighted by atomic mass is 16.6. The number of nitro benzene ring substituents is 1. The molecule has 2 aromatic carbocycles. The van der Waals surface area contributed by atoms with Gasteiger partial charge in [0.15, 0.2) is 5.75 Å². The van der Waals surface area contributed by atoms with Crippen LogP contribution in [-0.4, -0.2) is 12.0 Å². The van der Waals surface area contributed by atoms with Gasteiger partial charge in [0.2, 0.25) is 0 Å². The second-order valence-electron chi connectivity index (χ2n) is 4.40. The highest BCUT2D eigenvalue weighted by Gasteiger charge is 2.15. The molecule has 0 aliphatic heterocycles. The average Bonchev–Trinajstić information content (AvgIpc) is 2.52. The smallest absolute Gasteiger partial charge is 0.311 e. The molecule has 2 aromatic rings. The third-order valence-electron chi connectivity index (χ3n) is 2.98. The van der Waals surface area contributed by atoms with Crippen LogP contribution in [-0.2, 0) is 13.2 Å². The second-order valence-corrected chi connectivity index (χ2v) is 4.40. The molecule has 0 fully saturated rings. The number of rotatable bonds is 6. The first kappa shape index (κ1) is 14.8. The molecule has 0 radical (unpaired) electrons. The number of benzene rings is 2. The Morgan fingerprint density at radius 1 is 1.19 bits per heavy atom. The quantitative estimate of drug-likeness (QED) is 0.652. The van der Waals surface area contributed by atoms with E-state index in [0.29, 0.717) is 11.3 Å². The van der Waals surface area contributed by atoms with Crippen molar-refractivity contribution >= 4 is 5.69 Å². The van der Waals surface area contributed by atoms with Crippen molar-refractivity contribution in [3.05, 3.63) is 63.7 Å². The minimum Gasteiger partial charge on any atom is -0.497 e. The van der Waals surface area contributed by atoms with Crippen molar-refractivity contribution in [3.8, 4) is 11.5 Å². The van der Waals surface area contributed by atoms with Gasteiger partial charge in [0.05, 0.1) is 12.0 Å². The fourth-order valence-electron chi connectivity index (χ4n) is 1.88. The molecule has 0 saturated carbocycles. The van der Waals surface area contributed by atoms with Crippen molar-refractivity contribution in [2.75, 3.05) is 7.11 Å². The van der Waals surface area contributed by atoms with Gasteiger partial charge in [-0.1, -0.05) is 18.2 Å². The summed E-state index contributed by atoms with van der Waals surface area (Å²) in [5.74, 6) is 0.934. The Morgan fingerprint density at radius 3 is 2.67 bits per heavy atom. The first-order chi connectivity index (χ1) is 10.1. The Balaban J connectivity index is 2.17. The van der Waals surface area contributed by atoms with Crippen molar-refractivity contribution in [1.82, 2.24) is 0 Å². The summed E-state index contributed by atoms with van der Waals surface area (Å²) in [5, 5.41) is 11.1. The van der Waals surface area contributed by atoms with Crippen LogP contribution in [0, 0.1) is 10.1 Å². The van der Waals surface area contributed by atoms with Crippen LogP contribution in [0.25, 0.3) is 0 Å². The third kappa shape index (κ3) is 3.70. The van der Waals surface area contributed by atoms with Gasteiger partial charge in [0, 0.05) is 12.6 Å². The monoisotopic (exact) mass is 288 g/mol. The number of nitro groups is 1. The molecule has 0 heterocycles. The fourth-order valence-corrected chi connectivity index (χ4v) is 1.88. The van der Waals surface area contributed by atoms with E-state index >= 15 is 0 Å². The number of hydrogen-bond acceptors (Lipinski definition) is 5. The van der Waals surface area contributed by atoms with Gasteiger partial charge in [-0.15, -0.1) is 0 Å². The molecule has 0 aliphatic carbocycles. The van der Waals surface area contributed by atoms with E-state index < -0.39 is 4.92 Å². The van der Waals surface area contributed by atoms with Crippen molar-refractivity contribution in [3.63, 3.8) is 0 Å². The molecule has 0 aromatic heterocycles. The van der Waals surface area contributed by atoms with Gasteiger partial charge >= 0.3 is 5.69 Å². The molecule has 6 nitrogen and oxygen atoms in total. The van der Waals surface area contributed by atoms with Crippen LogP contribution in [0.2, 0.25) is 0 Å². The minimum absolute atomic E-state index is 0.0825. The minimum atomic E-state index is -0.472. The lowest BCUT2D eigenvalue weighted by Crippen LogP contribution is -2.02. The summed E-state index contributed by atoms with van der Waals surface area (Å²) in [6, 6.07) is 12.1. The molecule has 0 unspecified atom stereocenters. The number of nitrogens with two attached hydrogens (primary N) is 1. The van der Waals surface area contributed by atoms with Crippen LogP contribution < -0.4 is 15.2 Å². The molecule has 0 bridgehead atoms. The van der Waals surface area contributed by atoms with Crippen molar-refractivity contribution in [2.24, 2.45) is 5.73 Å². The molecule has 2 rings (SSSR count). The molecule has 0 spiro atoms. The van der Waals surface area contributed by atoms with E-state index in [-0.39, 0.29) is 24.6 Å². The van der Waals surface area contributed by atoms with Gasteiger partial charge in [0.1, 0.15) is 12.4 Å². The summed E-state index contributed by atoms with van der Waals surface area (Å²) in [5.41, 5.74) is 6.96. The predicted octanol–water partition coefficient (Wildman–Crippen LogP) is 2.64. The van der Waals surface area contributed by atoms with Crippen LogP contribution >= 0.6 is 0 Å². The molecule has 0 saturated heterocycles. The predicted molar refractivity (Wildman–Crippen MR) is 78.3 cm³/mol. The SMILES string of the molecule is COc1cccc(COc2ccc(CN)cc2[N+](=O)[O-])c1. The van der Waals surface area contributed by atoms with Gasteiger partial charge in [-0.3, -0.25) is 10.1 Å². The van der Waals surface area contributed by atoms with Crippen molar-refractivity contribution < 1.29 is 14.4 Å². The Hall–Kier alpha value is -2.60. The van der Waals surface area contributed by atoms with Gasteiger partial charge in [-0.25, -0.2) is 0 Å². The molecule has 0 atom stereocenters. The lowest BCUT2D eigenvalue weighted by molar-refractivity contribution is -0.386. The topological polar surface area (TPSA) is 87.6 Å². The summed E-state index contributed by atoms with van der Waals surface area (Å²) < 4.78 is 10.7. The van der Waals surface area contributed by atoms with Crippen LogP contribution in [0.1, 0.15) is 11.1 Å².